The maximum atomic E-state index is 13.3. The molecular formula is C33H43N3O6. The number of carbonyl (C=O) groups excluding carboxylic acids is 6. The highest BCUT2D eigenvalue weighted by Crippen LogP contribution is 2.22. The van der Waals surface area contributed by atoms with Gasteiger partial charge in [0.1, 0.15) is 5.78 Å². The first-order valence-electron chi connectivity index (χ1n) is 14.3. The van der Waals surface area contributed by atoms with Crippen LogP contribution in [0.25, 0.3) is 0 Å². The fourth-order valence-electron chi connectivity index (χ4n) is 4.54. The monoisotopic (exact) mass is 577 g/mol. The molecule has 0 saturated carbocycles. The van der Waals surface area contributed by atoms with Crippen LogP contribution in [0.3, 0.4) is 0 Å². The Balaban J connectivity index is 2.11. The molecule has 0 fully saturated rings. The third-order valence-corrected chi connectivity index (χ3v) is 7.07. The molecule has 0 aliphatic rings. The number of ketones is 3. The van der Waals surface area contributed by atoms with Crippen LogP contribution < -0.4 is 16.4 Å². The molecule has 0 aliphatic heterocycles. The second-order valence-corrected chi connectivity index (χ2v) is 11.9. The molecule has 2 aromatic carbocycles. The van der Waals surface area contributed by atoms with Gasteiger partial charge in [0.15, 0.2) is 5.78 Å². The van der Waals surface area contributed by atoms with Gasteiger partial charge in [0.25, 0.3) is 5.91 Å². The second kappa shape index (κ2) is 15.7. The van der Waals surface area contributed by atoms with Crippen molar-refractivity contribution in [3.63, 3.8) is 0 Å². The first-order valence-corrected chi connectivity index (χ1v) is 14.3. The summed E-state index contributed by atoms with van der Waals surface area (Å²) in [6, 6.07) is 16.3. The molecule has 9 heteroatoms. The molecule has 0 saturated heterocycles. The Labute approximate surface area is 248 Å². The van der Waals surface area contributed by atoms with Gasteiger partial charge < -0.3 is 16.4 Å². The summed E-state index contributed by atoms with van der Waals surface area (Å²) in [5.74, 6) is -4.39. The van der Waals surface area contributed by atoms with Crippen LogP contribution in [-0.2, 0) is 41.6 Å². The summed E-state index contributed by atoms with van der Waals surface area (Å²) >= 11 is 0. The third-order valence-electron chi connectivity index (χ3n) is 7.07. The van der Waals surface area contributed by atoms with E-state index in [1.54, 1.807) is 13.8 Å². The van der Waals surface area contributed by atoms with Crippen molar-refractivity contribution >= 4 is 35.1 Å². The Morgan fingerprint density at radius 1 is 0.810 bits per heavy atom. The maximum Gasteiger partial charge on any atom is 0.290 e. The highest BCUT2D eigenvalue weighted by Gasteiger charge is 2.34. The molecule has 0 spiro atoms. The Morgan fingerprint density at radius 2 is 1.36 bits per heavy atom. The lowest BCUT2D eigenvalue weighted by Crippen LogP contribution is -2.52. The minimum atomic E-state index is -1.20. The molecule has 4 N–H and O–H groups in total. The van der Waals surface area contributed by atoms with E-state index < -0.39 is 52.7 Å². The van der Waals surface area contributed by atoms with Crippen molar-refractivity contribution in [2.24, 2.45) is 23.0 Å². The highest BCUT2D eigenvalue weighted by atomic mass is 16.2. The molecule has 2 rings (SSSR count). The number of nitrogens with one attached hydrogen (secondary N) is 2. The van der Waals surface area contributed by atoms with E-state index in [-0.39, 0.29) is 43.8 Å². The summed E-state index contributed by atoms with van der Waals surface area (Å²) in [5, 5.41) is 5.10. The van der Waals surface area contributed by atoms with E-state index in [0.29, 0.717) is 0 Å². The number of primary amides is 1. The Bertz CT molecular complexity index is 1260. The molecule has 2 aromatic rings. The van der Waals surface area contributed by atoms with Crippen molar-refractivity contribution in [1.82, 2.24) is 10.6 Å². The molecule has 3 unspecified atom stereocenters. The lowest BCUT2D eigenvalue weighted by molar-refractivity contribution is -0.142. The lowest BCUT2D eigenvalue weighted by atomic mass is 9.83. The van der Waals surface area contributed by atoms with Crippen molar-refractivity contribution < 1.29 is 28.8 Å². The van der Waals surface area contributed by atoms with Crippen molar-refractivity contribution in [1.29, 1.82) is 0 Å². The molecule has 3 amide bonds. The van der Waals surface area contributed by atoms with Crippen LogP contribution in [0.15, 0.2) is 60.7 Å². The van der Waals surface area contributed by atoms with Crippen LogP contribution in [-0.4, -0.2) is 47.2 Å². The normalized spacial score (nSPS) is 13.5. The number of benzene rings is 2. The van der Waals surface area contributed by atoms with Crippen LogP contribution in [0, 0.1) is 17.3 Å². The van der Waals surface area contributed by atoms with Gasteiger partial charge in [0, 0.05) is 25.2 Å². The first kappa shape index (κ1) is 34.1. The van der Waals surface area contributed by atoms with E-state index in [1.165, 1.54) is 6.92 Å². The van der Waals surface area contributed by atoms with Gasteiger partial charge in [-0.2, -0.15) is 0 Å². The third kappa shape index (κ3) is 11.0. The van der Waals surface area contributed by atoms with Crippen LogP contribution >= 0.6 is 0 Å². The molecular weight excluding hydrogens is 534 g/mol. The second-order valence-electron chi connectivity index (χ2n) is 11.9. The first-order chi connectivity index (χ1) is 19.7. The van der Waals surface area contributed by atoms with E-state index in [9.17, 15) is 28.8 Å². The highest BCUT2D eigenvalue weighted by molar-refractivity contribution is 6.38. The average molecular weight is 578 g/mol. The summed E-state index contributed by atoms with van der Waals surface area (Å²) in [6.07, 6.45) is 0.479. The zero-order chi connectivity index (χ0) is 31.4. The zero-order valence-corrected chi connectivity index (χ0v) is 25.1. The van der Waals surface area contributed by atoms with Gasteiger partial charge in [-0.15, -0.1) is 0 Å². The van der Waals surface area contributed by atoms with Gasteiger partial charge in [0.05, 0.1) is 17.5 Å². The zero-order valence-electron chi connectivity index (χ0n) is 25.1. The van der Waals surface area contributed by atoms with Gasteiger partial charge in [0.2, 0.25) is 17.6 Å². The van der Waals surface area contributed by atoms with Crippen molar-refractivity contribution in [3.05, 3.63) is 71.8 Å². The van der Waals surface area contributed by atoms with Crippen molar-refractivity contribution in [2.75, 3.05) is 0 Å². The number of rotatable bonds is 17. The number of amides is 3. The standard InChI is InChI=1S/C33H43N3O6/c1-21(2)16-27(28(38)20-33(4,5)32(34)42)36-31(41)29(39)22(3)35-30(40)25(17-23-12-8-6-9-13-23)19-26(37)18-24-14-10-7-11-15-24/h6-15,21-22,25,27H,16-20H2,1-5H3,(H2,34,42)(H,35,40)(H,36,41). The molecule has 0 aromatic heterocycles. The summed E-state index contributed by atoms with van der Waals surface area (Å²) in [4.78, 5) is 76.8. The number of Topliss-reactive ketones (excluding diaryl/α,β-unsaturated/α-hetero) is 3. The number of hydrogen-bond donors (Lipinski definition) is 3. The lowest BCUT2D eigenvalue weighted by Gasteiger charge is -2.25. The topological polar surface area (TPSA) is 152 Å². The fourth-order valence-corrected chi connectivity index (χ4v) is 4.54. The van der Waals surface area contributed by atoms with E-state index in [4.69, 9.17) is 5.73 Å². The molecule has 226 valence electrons. The van der Waals surface area contributed by atoms with E-state index in [0.717, 1.165) is 11.1 Å². The van der Waals surface area contributed by atoms with Gasteiger partial charge in [-0.1, -0.05) is 88.4 Å². The quantitative estimate of drug-likeness (QED) is 0.246. The van der Waals surface area contributed by atoms with E-state index in [1.807, 2.05) is 74.5 Å². The summed E-state index contributed by atoms with van der Waals surface area (Å²) in [6.45, 7) is 8.20. The smallest absolute Gasteiger partial charge is 0.290 e. The number of nitrogens with two attached hydrogens (primary N) is 1. The largest absolute Gasteiger partial charge is 0.369 e. The fraction of sp³-hybridized carbons (Fsp3) is 0.455. The van der Waals surface area contributed by atoms with Gasteiger partial charge in [-0.05, 0) is 36.8 Å². The number of hydrogen-bond acceptors (Lipinski definition) is 6. The van der Waals surface area contributed by atoms with Crippen LogP contribution in [0.1, 0.15) is 65.0 Å². The Hall–Kier alpha value is -4.14. The summed E-state index contributed by atoms with van der Waals surface area (Å²) in [5.41, 5.74) is 5.98. The van der Waals surface area contributed by atoms with Crippen LogP contribution in [0.4, 0.5) is 0 Å². The van der Waals surface area contributed by atoms with Crippen molar-refractivity contribution in [3.8, 4) is 0 Å². The van der Waals surface area contributed by atoms with Crippen molar-refractivity contribution in [2.45, 2.75) is 78.8 Å². The van der Waals surface area contributed by atoms with Gasteiger partial charge in [-0.3, -0.25) is 28.8 Å². The average Bonchev–Trinajstić information content (AvgIpc) is 2.92. The minimum absolute atomic E-state index is 0.00957. The molecule has 0 radical (unpaired) electrons. The molecule has 0 aliphatic carbocycles. The van der Waals surface area contributed by atoms with Crippen LogP contribution in [0.5, 0.6) is 0 Å². The molecule has 3 atom stereocenters. The van der Waals surface area contributed by atoms with E-state index >= 15 is 0 Å². The SMILES string of the molecule is CC(C)CC(NC(=O)C(=O)C(C)NC(=O)C(CC(=O)Cc1ccccc1)Cc1ccccc1)C(=O)CC(C)(C)C(N)=O. The summed E-state index contributed by atoms with van der Waals surface area (Å²) in [7, 11) is 0. The Kier molecular flexibility index (Phi) is 12.8. The maximum absolute atomic E-state index is 13.3. The predicted octanol–water partition coefficient (Wildman–Crippen LogP) is 3.12. The number of carbonyl (C=O) groups is 6. The molecule has 42 heavy (non-hydrogen) atoms. The van der Waals surface area contributed by atoms with Gasteiger partial charge >= 0.3 is 0 Å². The summed E-state index contributed by atoms with van der Waals surface area (Å²) < 4.78 is 0. The minimum Gasteiger partial charge on any atom is -0.369 e. The molecule has 0 bridgehead atoms. The van der Waals surface area contributed by atoms with Gasteiger partial charge in [-0.25, -0.2) is 0 Å². The molecule has 0 heterocycles. The Morgan fingerprint density at radius 3 is 1.88 bits per heavy atom. The molecule has 9 nitrogen and oxygen atoms in total. The van der Waals surface area contributed by atoms with Crippen LogP contribution in [0.2, 0.25) is 0 Å². The predicted molar refractivity (Wildman–Crippen MR) is 160 cm³/mol. The van der Waals surface area contributed by atoms with E-state index in [2.05, 4.69) is 10.6 Å².